The molecule has 2 rings (SSSR count). The Morgan fingerprint density at radius 1 is 1.23 bits per heavy atom. The zero-order valence-corrected chi connectivity index (χ0v) is 8.52. The number of nitrogens with two attached hydrogens (primary N) is 1. The van der Waals surface area contributed by atoms with Crippen LogP contribution in [0.5, 0.6) is 0 Å². The monoisotopic (exact) mass is 211 g/mol. The van der Waals surface area contributed by atoms with E-state index in [4.69, 9.17) is 5.73 Å². The van der Waals surface area contributed by atoms with E-state index >= 15 is 0 Å². The van der Waals surface area contributed by atoms with Gasteiger partial charge in [-0.3, -0.25) is 9.97 Å². The summed E-state index contributed by atoms with van der Waals surface area (Å²) in [6, 6.07) is 0.0629. The average Bonchev–Trinajstić information content (AvgIpc) is 2.74. The third-order valence-electron chi connectivity index (χ3n) is 1.72. The Bertz CT molecular complexity index is 341. The third kappa shape index (κ3) is 2.12. The van der Waals surface area contributed by atoms with Crippen molar-refractivity contribution < 1.29 is 0 Å². The zero-order valence-electron chi connectivity index (χ0n) is 6.88. The minimum absolute atomic E-state index is 0.0629. The molecule has 5 heteroatoms. The van der Waals surface area contributed by atoms with Crippen LogP contribution in [0.1, 0.15) is 15.8 Å². The van der Waals surface area contributed by atoms with Crippen LogP contribution < -0.4 is 5.73 Å². The number of hydrogen-bond acceptors (Lipinski definition) is 5. The number of aromatic nitrogens is 2. The van der Waals surface area contributed by atoms with E-state index in [2.05, 4.69) is 9.97 Å². The van der Waals surface area contributed by atoms with Crippen LogP contribution in [0.25, 0.3) is 0 Å². The van der Waals surface area contributed by atoms with E-state index in [9.17, 15) is 0 Å². The Hall–Kier alpha value is -0.780. The summed E-state index contributed by atoms with van der Waals surface area (Å²) in [5, 5.41) is 0. The minimum Gasteiger partial charge on any atom is -0.323 e. The lowest BCUT2D eigenvalue weighted by Gasteiger charge is -2.05. The van der Waals surface area contributed by atoms with Gasteiger partial charge in [0.2, 0.25) is 0 Å². The zero-order chi connectivity index (χ0) is 9.10. The van der Waals surface area contributed by atoms with Gasteiger partial charge in [0, 0.05) is 34.6 Å². The Balaban J connectivity index is 2.04. The minimum atomic E-state index is 0.0629. The van der Waals surface area contributed by atoms with Crippen molar-refractivity contribution in [1.82, 2.24) is 9.97 Å². The normalized spacial score (nSPS) is 13.0. The Morgan fingerprint density at radius 3 is 2.62 bits per heavy atom. The molecule has 1 atom stereocenters. The van der Waals surface area contributed by atoms with E-state index in [-0.39, 0.29) is 6.04 Å². The number of nitrogens with zero attached hydrogens (tertiary/aromatic N) is 2. The molecule has 0 saturated carbocycles. The lowest BCUT2D eigenvalue weighted by Crippen LogP contribution is -2.10. The maximum atomic E-state index is 5.98. The highest BCUT2D eigenvalue weighted by atomic mass is 32.1. The lowest BCUT2D eigenvalue weighted by molar-refractivity contribution is 0.742. The molecule has 0 aromatic carbocycles. The maximum absolute atomic E-state index is 5.98. The molecule has 2 aromatic heterocycles. The van der Waals surface area contributed by atoms with Crippen LogP contribution in [0, 0.1) is 0 Å². The summed E-state index contributed by atoms with van der Waals surface area (Å²) in [6.45, 7) is 0. The van der Waals surface area contributed by atoms with Gasteiger partial charge in [0.05, 0.1) is 11.0 Å². The van der Waals surface area contributed by atoms with Crippen molar-refractivity contribution in [2.24, 2.45) is 5.73 Å². The van der Waals surface area contributed by atoms with E-state index < -0.39 is 0 Å². The van der Waals surface area contributed by atoms with Gasteiger partial charge in [-0.1, -0.05) is 0 Å². The Kier molecular flexibility index (Phi) is 2.68. The van der Waals surface area contributed by atoms with Gasteiger partial charge in [0.15, 0.2) is 0 Å². The molecule has 0 aliphatic rings. The summed E-state index contributed by atoms with van der Waals surface area (Å²) in [4.78, 5) is 10.4. The lowest BCUT2D eigenvalue weighted by atomic mass is 10.2. The molecule has 0 radical (unpaired) electrons. The second-order valence-electron chi connectivity index (χ2n) is 2.68. The molecule has 2 N–H and O–H groups in total. The highest BCUT2D eigenvalue weighted by Crippen LogP contribution is 2.20. The van der Waals surface area contributed by atoms with E-state index in [0.717, 1.165) is 11.3 Å². The van der Waals surface area contributed by atoms with Crippen molar-refractivity contribution in [1.29, 1.82) is 0 Å². The fourth-order valence-corrected chi connectivity index (χ4v) is 2.35. The van der Waals surface area contributed by atoms with E-state index in [1.54, 1.807) is 22.7 Å². The molecule has 0 saturated heterocycles. The first kappa shape index (κ1) is 8.80. The summed E-state index contributed by atoms with van der Waals surface area (Å²) in [5.41, 5.74) is 9.62. The van der Waals surface area contributed by atoms with Crippen LogP contribution in [0.3, 0.4) is 0 Å². The first-order valence-corrected chi connectivity index (χ1v) is 5.63. The van der Waals surface area contributed by atoms with Crippen molar-refractivity contribution >= 4 is 22.7 Å². The van der Waals surface area contributed by atoms with Gasteiger partial charge in [-0.05, 0) is 0 Å². The summed E-state index contributed by atoms with van der Waals surface area (Å²) >= 11 is 3.24. The molecule has 0 fully saturated rings. The van der Waals surface area contributed by atoms with Crippen molar-refractivity contribution in [3.63, 3.8) is 0 Å². The van der Waals surface area contributed by atoms with Crippen molar-refractivity contribution in [2.45, 2.75) is 12.5 Å². The molecule has 0 amide bonds. The molecule has 68 valence electrons. The van der Waals surface area contributed by atoms with Gasteiger partial charge in [0.25, 0.3) is 0 Å². The largest absolute Gasteiger partial charge is 0.323 e. The van der Waals surface area contributed by atoms with E-state index in [0.29, 0.717) is 0 Å². The first-order valence-electron chi connectivity index (χ1n) is 3.87. The second-order valence-corrected chi connectivity index (χ2v) is 4.57. The van der Waals surface area contributed by atoms with E-state index in [1.807, 2.05) is 23.4 Å². The van der Waals surface area contributed by atoms with E-state index in [1.165, 1.54) is 4.88 Å². The highest BCUT2D eigenvalue weighted by molar-refractivity contribution is 7.10. The maximum Gasteiger partial charge on any atom is 0.0794 e. The van der Waals surface area contributed by atoms with Gasteiger partial charge in [-0.2, -0.15) is 0 Å². The smallest absolute Gasteiger partial charge is 0.0794 e. The second kappa shape index (κ2) is 3.95. The molecule has 0 aliphatic carbocycles. The molecular weight excluding hydrogens is 202 g/mol. The van der Waals surface area contributed by atoms with Crippen LogP contribution in [0.4, 0.5) is 0 Å². The molecule has 0 bridgehead atoms. The molecule has 2 heterocycles. The number of rotatable bonds is 3. The average molecular weight is 211 g/mol. The Morgan fingerprint density at radius 2 is 2.00 bits per heavy atom. The summed E-state index contributed by atoms with van der Waals surface area (Å²) < 4.78 is 0. The highest BCUT2D eigenvalue weighted by Gasteiger charge is 2.09. The molecule has 3 nitrogen and oxygen atoms in total. The molecule has 0 spiro atoms. The quantitative estimate of drug-likeness (QED) is 0.842. The van der Waals surface area contributed by atoms with Crippen LogP contribution in [0.2, 0.25) is 0 Å². The van der Waals surface area contributed by atoms with Crippen LogP contribution in [-0.2, 0) is 6.42 Å². The molecular formula is C8H9N3S2. The van der Waals surface area contributed by atoms with Gasteiger partial charge in [-0.15, -0.1) is 22.7 Å². The van der Waals surface area contributed by atoms with Gasteiger partial charge >= 0.3 is 0 Å². The molecule has 0 aliphatic heterocycles. The third-order valence-corrected chi connectivity index (χ3v) is 3.43. The van der Waals surface area contributed by atoms with Gasteiger partial charge in [0.1, 0.15) is 0 Å². The van der Waals surface area contributed by atoms with Crippen molar-refractivity contribution in [2.75, 3.05) is 0 Å². The fourth-order valence-electron chi connectivity index (χ4n) is 1.07. The van der Waals surface area contributed by atoms with Gasteiger partial charge < -0.3 is 5.73 Å². The summed E-state index contributed by atoms with van der Waals surface area (Å²) in [6.07, 6.45) is 4.55. The fraction of sp³-hybridized carbons (Fsp3) is 0.250. The molecule has 1 unspecified atom stereocenters. The predicted molar refractivity (Wildman–Crippen MR) is 54.9 cm³/mol. The molecule has 2 aromatic rings. The topological polar surface area (TPSA) is 51.8 Å². The number of hydrogen-bond donors (Lipinski definition) is 1. The first-order chi connectivity index (χ1) is 6.36. The Labute approximate surface area is 84.3 Å². The number of thiazole rings is 2. The van der Waals surface area contributed by atoms with Crippen molar-refractivity contribution in [3.05, 3.63) is 33.2 Å². The van der Waals surface area contributed by atoms with Crippen LogP contribution in [0.15, 0.2) is 23.4 Å². The van der Waals surface area contributed by atoms with Gasteiger partial charge in [-0.25, -0.2) is 0 Å². The summed E-state index contributed by atoms with van der Waals surface area (Å²) in [7, 11) is 0. The van der Waals surface area contributed by atoms with Crippen LogP contribution in [-0.4, -0.2) is 9.97 Å². The van der Waals surface area contributed by atoms with Crippen molar-refractivity contribution in [3.8, 4) is 0 Å². The van der Waals surface area contributed by atoms with Crippen LogP contribution >= 0.6 is 22.7 Å². The standard InChI is InChI=1S/C8H9N3S2/c9-7(8-3-11-5-13-8)1-6-2-10-4-12-6/h2-5,7H,1,9H2. The molecule has 13 heavy (non-hydrogen) atoms. The SMILES string of the molecule is NC(Cc1cncs1)c1cncs1. The summed E-state index contributed by atoms with van der Waals surface area (Å²) in [5.74, 6) is 0. The predicted octanol–water partition coefficient (Wildman–Crippen LogP) is 1.84.